The number of nitrogens with zero attached hydrogens (tertiary/aromatic N) is 2. The van der Waals surface area contributed by atoms with E-state index in [9.17, 15) is 8.42 Å². The number of aryl methyl sites for hydroxylation is 1. The fraction of sp³-hybridized carbons (Fsp3) is 0.222. The van der Waals surface area contributed by atoms with Crippen LogP contribution in [0.3, 0.4) is 0 Å². The molecule has 2 aromatic rings. The van der Waals surface area contributed by atoms with Crippen molar-refractivity contribution in [2.75, 3.05) is 0 Å². The average Bonchev–Trinajstić information content (AvgIpc) is 2.40. The third-order valence-corrected chi connectivity index (χ3v) is 3.80. The third kappa shape index (κ3) is 2.39. The van der Waals surface area contributed by atoms with Crippen LogP contribution in [0, 0.1) is 0 Å². The van der Waals surface area contributed by atoms with E-state index < -0.39 is 9.05 Å². The molecule has 0 saturated heterocycles. The minimum Gasteiger partial charge on any atom is -0.267 e. The summed E-state index contributed by atoms with van der Waals surface area (Å²) in [6.45, 7) is 0. The highest BCUT2D eigenvalue weighted by Crippen LogP contribution is 2.24. The number of fused-ring (bicyclic) bond motifs is 1. The highest BCUT2D eigenvalue weighted by molar-refractivity contribution is 9.10. The molecule has 0 fully saturated rings. The Kier molecular flexibility index (Phi) is 2.98. The first kappa shape index (κ1) is 11.9. The second-order valence-corrected chi connectivity index (χ2v) is 6.98. The molecule has 0 bridgehead atoms. The minimum absolute atomic E-state index is 0.173. The predicted octanol–water partition coefficient (Wildman–Crippen LogP) is 2.40. The molecule has 1 aromatic heterocycles. The van der Waals surface area contributed by atoms with Crippen molar-refractivity contribution in [3.8, 4) is 0 Å². The second kappa shape index (κ2) is 4.01. The van der Waals surface area contributed by atoms with Crippen LogP contribution in [0.2, 0.25) is 0 Å². The second-order valence-electron chi connectivity index (χ2n) is 3.45. The molecule has 0 aliphatic carbocycles. The van der Waals surface area contributed by atoms with Crippen LogP contribution in [0.25, 0.3) is 10.9 Å². The number of benzene rings is 1. The largest absolute Gasteiger partial charge is 0.267 e. The summed E-state index contributed by atoms with van der Waals surface area (Å²) < 4.78 is 24.3. The Morgan fingerprint density at radius 3 is 2.81 bits per heavy atom. The number of halogens is 2. The predicted molar refractivity (Wildman–Crippen MR) is 66.9 cm³/mol. The number of hydrogen-bond acceptors (Lipinski definition) is 3. The fourth-order valence-corrected chi connectivity index (χ4v) is 3.08. The molecule has 0 aliphatic rings. The van der Waals surface area contributed by atoms with Crippen molar-refractivity contribution < 1.29 is 8.42 Å². The molecule has 7 heteroatoms. The quantitative estimate of drug-likeness (QED) is 0.798. The van der Waals surface area contributed by atoms with E-state index in [0.717, 1.165) is 15.5 Å². The van der Waals surface area contributed by atoms with E-state index in [0.29, 0.717) is 5.56 Å². The Hall–Kier alpha value is -0.590. The summed E-state index contributed by atoms with van der Waals surface area (Å²) in [5, 5.41) is 5.12. The molecule has 86 valence electrons. The minimum atomic E-state index is -3.52. The first-order valence-electron chi connectivity index (χ1n) is 4.40. The van der Waals surface area contributed by atoms with Gasteiger partial charge in [0.1, 0.15) is 4.60 Å². The van der Waals surface area contributed by atoms with Crippen molar-refractivity contribution in [1.29, 1.82) is 0 Å². The van der Waals surface area contributed by atoms with Gasteiger partial charge in [0.05, 0.1) is 11.3 Å². The zero-order valence-electron chi connectivity index (χ0n) is 8.31. The average molecular weight is 324 g/mol. The van der Waals surface area contributed by atoms with Crippen LogP contribution < -0.4 is 0 Å². The van der Waals surface area contributed by atoms with Crippen molar-refractivity contribution in [2.24, 2.45) is 7.05 Å². The van der Waals surface area contributed by atoms with Gasteiger partial charge < -0.3 is 0 Å². The molecule has 2 rings (SSSR count). The zero-order valence-corrected chi connectivity index (χ0v) is 11.5. The molecule has 16 heavy (non-hydrogen) atoms. The van der Waals surface area contributed by atoms with Gasteiger partial charge in [0.2, 0.25) is 9.05 Å². The molecule has 0 N–H and O–H groups in total. The lowest BCUT2D eigenvalue weighted by atomic mass is 10.2. The molecule has 4 nitrogen and oxygen atoms in total. The lowest BCUT2D eigenvalue weighted by molar-refractivity contribution is 0.609. The smallest absolute Gasteiger partial charge is 0.236 e. The third-order valence-electron chi connectivity index (χ3n) is 2.21. The summed E-state index contributed by atoms with van der Waals surface area (Å²) >= 11 is 3.33. The maximum absolute atomic E-state index is 11.0. The molecule has 0 amide bonds. The van der Waals surface area contributed by atoms with Gasteiger partial charge in [-0.3, -0.25) is 4.68 Å². The van der Waals surface area contributed by atoms with Gasteiger partial charge in [-0.25, -0.2) is 8.42 Å². The highest BCUT2D eigenvalue weighted by atomic mass is 79.9. The van der Waals surface area contributed by atoms with Crippen LogP contribution in [0.5, 0.6) is 0 Å². The summed E-state index contributed by atoms with van der Waals surface area (Å²) in [5.74, 6) is -0.173. The Morgan fingerprint density at radius 1 is 1.50 bits per heavy atom. The lowest BCUT2D eigenvalue weighted by Gasteiger charge is -1.99. The summed E-state index contributed by atoms with van der Waals surface area (Å²) in [4.78, 5) is 0. The standard InChI is InChI=1S/C9H8BrClN2O2S/c1-13-8-4-6(5-16(11,14)15)2-3-7(8)9(10)12-13/h2-4H,5H2,1H3. The first-order chi connectivity index (χ1) is 7.37. The van der Waals surface area contributed by atoms with E-state index in [2.05, 4.69) is 21.0 Å². The fourth-order valence-electron chi connectivity index (χ4n) is 1.55. The van der Waals surface area contributed by atoms with Gasteiger partial charge in [-0.2, -0.15) is 5.10 Å². The Labute approximate surface area is 106 Å². The normalized spacial score (nSPS) is 12.2. The van der Waals surface area contributed by atoms with Crippen LogP contribution in [0.15, 0.2) is 22.8 Å². The van der Waals surface area contributed by atoms with Crippen molar-refractivity contribution in [1.82, 2.24) is 9.78 Å². The first-order valence-corrected chi connectivity index (χ1v) is 7.67. The Morgan fingerprint density at radius 2 is 2.19 bits per heavy atom. The monoisotopic (exact) mass is 322 g/mol. The van der Waals surface area contributed by atoms with Crippen molar-refractivity contribution in [2.45, 2.75) is 5.75 Å². The van der Waals surface area contributed by atoms with Gasteiger partial charge in [-0.15, -0.1) is 0 Å². The van der Waals surface area contributed by atoms with E-state index in [1.54, 1.807) is 23.9 Å². The van der Waals surface area contributed by atoms with E-state index in [-0.39, 0.29) is 5.75 Å². The van der Waals surface area contributed by atoms with Crippen LogP contribution in [0.1, 0.15) is 5.56 Å². The van der Waals surface area contributed by atoms with Crippen LogP contribution in [-0.4, -0.2) is 18.2 Å². The van der Waals surface area contributed by atoms with E-state index in [1.807, 2.05) is 6.07 Å². The maximum Gasteiger partial charge on any atom is 0.236 e. The number of hydrogen-bond donors (Lipinski definition) is 0. The number of aromatic nitrogens is 2. The zero-order chi connectivity index (χ0) is 11.9. The molecule has 0 radical (unpaired) electrons. The van der Waals surface area contributed by atoms with Crippen molar-refractivity contribution in [3.05, 3.63) is 28.4 Å². The topological polar surface area (TPSA) is 52.0 Å². The van der Waals surface area contributed by atoms with Crippen molar-refractivity contribution >= 4 is 46.6 Å². The molecule has 0 unspecified atom stereocenters. The maximum atomic E-state index is 11.0. The summed E-state index contributed by atoms with van der Waals surface area (Å²) in [6.07, 6.45) is 0. The highest BCUT2D eigenvalue weighted by Gasteiger charge is 2.10. The molecule has 0 atom stereocenters. The SMILES string of the molecule is Cn1nc(Br)c2ccc(CS(=O)(=O)Cl)cc21. The Balaban J connectivity index is 2.56. The molecular weight excluding hydrogens is 316 g/mol. The summed E-state index contributed by atoms with van der Waals surface area (Å²) in [7, 11) is 3.48. The van der Waals surface area contributed by atoms with Crippen LogP contribution in [0.4, 0.5) is 0 Å². The van der Waals surface area contributed by atoms with Crippen LogP contribution in [-0.2, 0) is 21.9 Å². The van der Waals surface area contributed by atoms with Gasteiger partial charge in [-0.05, 0) is 33.6 Å². The van der Waals surface area contributed by atoms with Gasteiger partial charge in [0.25, 0.3) is 0 Å². The summed E-state index contributed by atoms with van der Waals surface area (Å²) in [5.41, 5.74) is 1.52. The molecule has 1 heterocycles. The van der Waals surface area contributed by atoms with Gasteiger partial charge >= 0.3 is 0 Å². The molecule has 0 saturated carbocycles. The molecule has 0 spiro atoms. The van der Waals surface area contributed by atoms with Gasteiger partial charge in [0, 0.05) is 23.1 Å². The lowest BCUT2D eigenvalue weighted by Crippen LogP contribution is -1.96. The van der Waals surface area contributed by atoms with E-state index in [4.69, 9.17) is 10.7 Å². The van der Waals surface area contributed by atoms with Crippen LogP contribution >= 0.6 is 26.6 Å². The van der Waals surface area contributed by atoms with Gasteiger partial charge in [0.15, 0.2) is 0 Å². The van der Waals surface area contributed by atoms with Crippen molar-refractivity contribution in [3.63, 3.8) is 0 Å². The summed E-state index contributed by atoms with van der Waals surface area (Å²) in [6, 6.07) is 5.32. The van der Waals surface area contributed by atoms with E-state index in [1.165, 1.54) is 0 Å². The molecule has 1 aromatic carbocycles. The number of rotatable bonds is 2. The van der Waals surface area contributed by atoms with E-state index >= 15 is 0 Å². The van der Waals surface area contributed by atoms with Gasteiger partial charge in [-0.1, -0.05) is 6.07 Å². The Bertz CT molecular complexity index is 651. The molecular formula is C9H8BrClN2O2S. The molecule has 0 aliphatic heterocycles.